The van der Waals surface area contributed by atoms with Crippen molar-refractivity contribution in [2.24, 2.45) is 0 Å². The zero-order chi connectivity index (χ0) is 37.7. The van der Waals surface area contributed by atoms with E-state index in [1.54, 1.807) is 0 Å². The number of nitrogens with zero attached hydrogens (tertiary/aromatic N) is 1. The highest BCUT2D eigenvalue weighted by molar-refractivity contribution is 7.45. The third-order valence-corrected chi connectivity index (χ3v) is 9.36. The second kappa shape index (κ2) is 35.5. The summed E-state index contributed by atoms with van der Waals surface area (Å²) in [6, 6.07) is 0. The van der Waals surface area contributed by atoms with E-state index in [4.69, 9.17) is 18.5 Å². The number of carbonyl (C=O) groups is 1. The molecule has 0 radical (unpaired) electrons. The molecule has 0 spiro atoms. The van der Waals surface area contributed by atoms with E-state index >= 15 is 0 Å². The van der Waals surface area contributed by atoms with Crippen LogP contribution >= 0.6 is 7.82 Å². The zero-order valence-electron chi connectivity index (χ0n) is 33.5. The van der Waals surface area contributed by atoms with E-state index in [1.165, 1.54) is 64.2 Å². The van der Waals surface area contributed by atoms with Gasteiger partial charge in [-0.1, -0.05) is 146 Å². The van der Waals surface area contributed by atoms with Gasteiger partial charge in [-0.25, -0.2) is 0 Å². The van der Waals surface area contributed by atoms with Gasteiger partial charge >= 0.3 is 5.97 Å². The molecule has 0 aromatic rings. The van der Waals surface area contributed by atoms with E-state index in [2.05, 4.69) is 62.5 Å². The molecular formula is C42H78NO7P. The van der Waals surface area contributed by atoms with Crippen LogP contribution in [0.25, 0.3) is 0 Å². The standard InChI is InChI=1S/C42H78NO7P/c1-6-8-10-12-13-14-15-16-17-18-19-20-21-22-23-24-25-26-27-28-29-30-32-34-37-47-39-41(50-42(44)35-33-31-11-9-7-2)40-49-51(45,46)48-38-36-43(3,4)5/h8,10,13-14,16-17,19-20,41H,6-7,9,11-12,15,18,21-40H2,1-5H3/b10-8-,14-13-,17-16-,20-19-. The molecule has 0 aliphatic carbocycles. The molecule has 0 aromatic carbocycles. The maximum absolute atomic E-state index is 12.4. The number of rotatable bonds is 37. The molecule has 0 amide bonds. The molecule has 0 saturated heterocycles. The molecular weight excluding hydrogens is 661 g/mol. The predicted molar refractivity (Wildman–Crippen MR) is 213 cm³/mol. The highest BCUT2D eigenvalue weighted by atomic mass is 31.2. The second-order valence-electron chi connectivity index (χ2n) is 14.6. The monoisotopic (exact) mass is 740 g/mol. The topological polar surface area (TPSA) is 94.1 Å². The van der Waals surface area contributed by atoms with Gasteiger partial charge in [-0.2, -0.15) is 0 Å². The van der Waals surface area contributed by atoms with Crippen molar-refractivity contribution in [2.75, 3.05) is 54.1 Å². The molecule has 0 fully saturated rings. The lowest BCUT2D eigenvalue weighted by atomic mass is 10.1. The van der Waals surface area contributed by atoms with Crippen molar-refractivity contribution in [3.63, 3.8) is 0 Å². The number of unbranched alkanes of at least 4 members (excludes halogenated alkanes) is 15. The van der Waals surface area contributed by atoms with Gasteiger partial charge in [0, 0.05) is 13.0 Å². The van der Waals surface area contributed by atoms with Crippen LogP contribution < -0.4 is 4.89 Å². The minimum absolute atomic E-state index is 0.0246. The van der Waals surface area contributed by atoms with E-state index in [-0.39, 0.29) is 25.8 Å². The molecule has 0 aromatic heterocycles. The highest BCUT2D eigenvalue weighted by Crippen LogP contribution is 2.38. The molecule has 298 valence electrons. The number of hydrogen-bond donors (Lipinski definition) is 0. The molecule has 9 heteroatoms. The first kappa shape index (κ1) is 49.5. The van der Waals surface area contributed by atoms with Crippen LogP contribution in [0.2, 0.25) is 0 Å². The molecule has 2 atom stereocenters. The molecule has 0 N–H and O–H groups in total. The van der Waals surface area contributed by atoms with Crippen molar-refractivity contribution < 1.29 is 37.3 Å². The number of phosphoric acid groups is 1. The highest BCUT2D eigenvalue weighted by Gasteiger charge is 2.20. The summed E-state index contributed by atoms with van der Waals surface area (Å²) in [5.41, 5.74) is 0. The molecule has 0 saturated carbocycles. The summed E-state index contributed by atoms with van der Waals surface area (Å²) in [5.74, 6) is -0.350. The van der Waals surface area contributed by atoms with Gasteiger partial charge in [-0.15, -0.1) is 0 Å². The van der Waals surface area contributed by atoms with Crippen LogP contribution in [0.1, 0.15) is 155 Å². The van der Waals surface area contributed by atoms with Crippen molar-refractivity contribution in [1.29, 1.82) is 0 Å². The van der Waals surface area contributed by atoms with Gasteiger partial charge in [0.1, 0.15) is 19.3 Å². The predicted octanol–water partition coefficient (Wildman–Crippen LogP) is 11.0. The van der Waals surface area contributed by atoms with Gasteiger partial charge in [0.25, 0.3) is 7.82 Å². The summed E-state index contributed by atoms with van der Waals surface area (Å²) in [6.45, 7) is 5.19. The minimum Gasteiger partial charge on any atom is -0.756 e. The first-order valence-corrected chi connectivity index (χ1v) is 21.8. The number of esters is 1. The van der Waals surface area contributed by atoms with Gasteiger partial charge in [0.2, 0.25) is 0 Å². The quantitative estimate of drug-likeness (QED) is 0.0206. The van der Waals surface area contributed by atoms with Crippen LogP contribution in [0.5, 0.6) is 0 Å². The smallest absolute Gasteiger partial charge is 0.306 e. The van der Waals surface area contributed by atoms with E-state index in [0.29, 0.717) is 24.1 Å². The third-order valence-electron chi connectivity index (χ3n) is 8.39. The summed E-state index contributed by atoms with van der Waals surface area (Å²) in [4.78, 5) is 24.7. The molecule has 0 rings (SSSR count). The van der Waals surface area contributed by atoms with Crippen molar-refractivity contribution in [1.82, 2.24) is 0 Å². The van der Waals surface area contributed by atoms with Crippen molar-refractivity contribution in [2.45, 2.75) is 161 Å². The maximum atomic E-state index is 12.4. The number of ether oxygens (including phenoxy) is 2. The first-order chi connectivity index (χ1) is 24.6. The van der Waals surface area contributed by atoms with Crippen LogP contribution in [0, 0.1) is 0 Å². The summed E-state index contributed by atoms with van der Waals surface area (Å²) >= 11 is 0. The number of likely N-dealkylation sites (N-methyl/N-ethyl adjacent to an activating group) is 1. The Balaban J connectivity index is 3.97. The Morgan fingerprint density at radius 2 is 1.14 bits per heavy atom. The molecule has 51 heavy (non-hydrogen) atoms. The minimum atomic E-state index is -4.51. The normalized spacial score (nSPS) is 14.4. The fraction of sp³-hybridized carbons (Fsp3) is 0.786. The van der Waals surface area contributed by atoms with Gasteiger partial charge < -0.3 is 27.9 Å². The van der Waals surface area contributed by atoms with Gasteiger partial charge in [-0.3, -0.25) is 9.36 Å². The number of carbonyl (C=O) groups excluding carboxylic acids is 1. The van der Waals surface area contributed by atoms with E-state index in [0.717, 1.165) is 70.6 Å². The Labute approximate surface area is 314 Å². The molecule has 8 nitrogen and oxygen atoms in total. The van der Waals surface area contributed by atoms with Gasteiger partial charge in [0.05, 0.1) is 34.4 Å². The Morgan fingerprint density at radius 1 is 0.627 bits per heavy atom. The third kappa shape index (κ3) is 39.5. The molecule has 0 heterocycles. The van der Waals surface area contributed by atoms with Crippen LogP contribution in [0.15, 0.2) is 48.6 Å². The largest absolute Gasteiger partial charge is 0.756 e. The van der Waals surface area contributed by atoms with Crippen LogP contribution in [-0.2, 0) is 27.9 Å². The van der Waals surface area contributed by atoms with Crippen molar-refractivity contribution in [3.05, 3.63) is 48.6 Å². The Kier molecular flexibility index (Phi) is 34.4. The Morgan fingerprint density at radius 3 is 1.71 bits per heavy atom. The van der Waals surface area contributed by atoms with E-state index < -0.39 is 13.9 Å². The summed E-state index contributed by atoms with van der Waals surface area (Å²) in [6.07, 6.45) is 41.7. The zero-order valence-corrected chi connectivity index (χ0v) is 34.4. The molecule has 2 unspecified atom stereocenters. The summed E-state index contributed by atoms with van der Waals surface area (Å²) in [5, 5.41) is 0. The number of phosphoric ester groups is 1. The fourth-order valence-electron chi connectivity index (χ4n) is 5.24. The summed E-state index contributed by atoms with van der Waals surface area (Å²) < 4.78 is 34.3. The average molecular weight is 740 g/mol. The van der Waals surface area contributed by atoms with Crippen molar-refractivity contribution in [3.8, 4) is 0 Å². The maximum Gasteiger partial charge on any atom is 0.306 e. The lowest BCUT2D eigenvalue weighted by Gasteiger charge is -2.28. The summed E-state index contributed by atoms with van der Waals surface area (Å²) in [7, 11) is 1.35. The lowest BCUT2D eigenvalue weighted by Crippen LogP contribution is -2.37. The van der Waals surface area contributed by atoms with Crippen LogP contribution in [0.4, 0.5) is 0 Å². The molecule has 0 aliphatic rings. The van der Waals surface area contributed by atoms with Crippen LogP contribution in [-0.4, -0.2) is 70.7 Å². The van der Waals surface area contributed by atoms with Crippen molar-refractivity contribution >= 4 is 13.8 Å². The fourth-order valence-corrected chi connectivity index (χ4v) is 5.97. The van der Waals surface area contributed by atoms with E-state index in [9.17, 15) is 14.3 Å². The molecule has 0 bridgehead atoms. The second-order valence-corrected chi connectivity index (χ2v) is 16.0. The molecule has 0 aliphatic heterocycles. The van der Waals surface area contributed by atoms with Gasteiger partial charge in [0.15, 0.2) is 0 Å². The number of quaternary nitrogens is 1. The lowest BCUT2D eigenvalue weighted by molar-refractivity contribution is -0.870. The average Bonchev–Trinajstić information content (AvgIpc) is 3.07. The number of allylic oxidation sites excluding steroid dienone is 8. The van der Waals surface area contributed by atoms with Gasteiger partial charge in [-0.05, 0) is 51.4 Å². The first-order valence-electron chi connectivity index (χ1n) is 20.4. The Bertz CT molecular complexity index is 957. The Hall–Kier alpha value is -1.54. The van der Waals surface area contributed by atoms with Crippen LogP contribution in [0.3, 0.4) is 0 Å². The van der Waals surface area contributed by atoms with E-state index in [1.807, 2.05) is 21.1 Å². The SMILES string of the molecule is CC/C=C\C/C=C\C/C=C\C/C=C\CCCCCCCCCCCCCOCC(COP(=O)([O-])OCC[N+](C)(C)C)OC(=O)CCCCCCC. The number of hydrogen-bond acceptors (Lipinski definition) is 7.